The smallest absolute Gasteiger partial charge is 0.250 e. The monoisotopic (exact) mass is 379 g/mol. The lowest BCUT2D eigenvalue weighted by atomic mass is 9.73. The number of para-hydroxylation sites is 1. The normalized spacial score (nSPS) is 30.9. The number of ether oxygens (including phenoxy) is 1. The minimum absolute atomic E-state index is 0.161. The molecule has 0 aromatic heterocycles. The summed E-state index contributed by atoms with van der Waals surface area (Å²) in [6.45, 7) is 0.684. The van der Waals surface area contributed by atoms with Gasteiger partial charge in [0.05, 0.1) is 19.1 Å². The molecule has 3 heterocycles. The Morgan fingerprint density at radius 3 is 2.68 bits per heavy atom. The average molecular weight is 379 g/mol. The fourth-order valence-corrected chi connectivity index (χ4v) is 5.60. The highest BCUT2D eigenvalue weighted by molar-refractivity contribution is 6.07. The zero-order valence-electron chi connectivity index (χ0n) is 15.5. The summed E-state index contributed by atoms with van der Waals surface area (Å²) < 4.78 is 5.25. The summed E-state index contributed by atoms with van der Waals surface area (Å²) in [4.78, 5) is 27.6. The van der Waals surface area contributed by atoms with Gasteiger partial charge in [0.2, 0.25) is 6.04 Å². The molecule has 0 radical (unpaired) electrons. The molecule has 4 atom stereocenters. The number of carbonyl (C=O) groups excluding carboxylic acids is 1. The first-order valence-electron chi connectivity index (χ1n) is 9.54. The van der Waals surface area contributed by atoms with E-state index >= 15 is 0 Å². The Hall–Kier alpha value is -2.93. The summed E-state index contributed by atoms with van der Waals surface area (Å²) in [7, 11) is 1.59. The van der Waals surface area contributed by atoms with E-state index in [-0.39, 0.29) is 16.9 Å². The SMILES string of the molecule is COc1ccc(C2C([N+](=O)[O-])C3CCCN3[C@@]23C(=O)Nc2ccccc23)cc1. The van der Waals surface area contributed by atoms with Crippen LogP contribution in [0.3, 0.4) is 0 Å². The predicted octanol–water partition coefficient (Wildman–Crippen LogP) is 2.75. The van der Waals surface area contributed by atoms with Crippen LogP contribution in [0.5, 0.6) is 5.75 Å². The number of anilines is 1. The Morgan fingerprint density at radius 1 is 1.21 bits per heavy atom. The van der Waals surface area contributed by atoms with Crippen molar-refractivity contribution in [3.8, 4) is 5.75 Å². The van der Waals surface area contributed by atoms with Crippen molar-refractivity contribution in [3.63, 3.8) is 0 Å². The van der Waals surface area contributed by atoms with Crippen LogP contribution in [0.2, 0.25) is 0 Å². The molecule has 1 spiro atoms. The third-order valence-corrected chi connectivity index (χ3v) is 6.59. The Labute approximate surface area is 162 Å². The fraction of sp³-hybridized carbons (Fsp3) is 0.381. The molecular weight excluding hydrogens is 358 g/mol. The molecule has 0 aliphatic carbocycles. The number of hydrogen-bond donors (Lipinski definition) is 1. The second-order valence-electron chi connectivity index (χ2n) is 7.70. The van der Waals surface area contributed by atoms with Gasteiger partial charge in [-0.3, -0.25) is 19.8 Å². The number of amides is 1. The summed E-state index contributed by atoms with van der Waals surface area (Å²) in [5.41, 5.74) is 1.34. The van der Waals surface area contributed by atoms with E-state index < -0.39 is 17.5 Å². The first-order chi connectivity index (χ1) is 13.6. The molecule has 1 N–H and O–H groups in total. The second kappa shape index (κ2) is 6.04. The van der Waals surface area contributed by atoms with Gasteiger partial charge in [-0.15, -0.1) is 0 Å². The van der Waals surface area contributed by atoms with Gasteiger partial charge in [-0.25, -0.2) is 0 Å². The summed E-state index contributed by atoms with van der Waals surface area (Å²) in [6, 6.07) is 13.8. The van der Waals surface area contributed by atoms with Crippen LogP contribution in [0, 0.1) is 10.1 Å². The van der Waals surface area contributed by atoms with Gasteiger partial charge in [-0.05, 0) is 36.6 Å². The van der Waals surface area contributed by atoms with Gasteiger partial charge < -0.3 is 10.1 Å². The highest BCUT2D eigenvalue weighted by Gasteiger charge is 2.71. The molecule has 1 amide bonds. The topological polar surface area (TPSA) is 84.7 Å². The van der Waals surface area contributed by atoms with Crippen molar-refractivity contribution in [2.24, 2.45) is 0 Å². The number of nitrogens with zero attached hydrogens (tertiary/aromatic N) is 2. The maximum atomic E-state index is 13.5. The highest BCUT2D eigenvalue weighted by Crippen LogP contribution is 2.59. The van der Waals surface area contributed by atoms with E-state index in [1.165, 1.54) is 0 Å². The maximum Gasteiger partial charge on any atom is 0.250 e. The van der Waals surface area contributed by atoms with E-state index in [0.29, 0.717) is 12.3 Å². The number of rotatable bonds is 3. The van der Waals surface area contributed by atoms with Crippen molar-refractivity contribution in [1.29, 1.82) is 0 Å². The number of methoxy groups -OCH3 is 1. The lowest BCUT2D eigenvalue weighted by Crippen LogP contribution is -2.50. The maximum absolute atomic E-state index is 13.5. The Kier molecular flexibility index (Phi) is 3.71. The standard InChI is InChI=1S/C21H21N3O4/c1-28-14-10-8-13(9-11-14)18-19(24(26)27)17-7-4-12-23(17)21(18)15-5-2-3-6-16(15)22-20(21)25/h2-3,5-6,8-11,17-19H,4,7,12H2,1H3,(H,22,25)/t17?,18?,19?,21-/m1/s1. The zero-order valence-corrected chi connectivity index (χ0v) is 15.5. The molecule has 3 aliphatic rings. The molecule has 2 aromatic carbocycles. The van der Waals surface area contributed by atoms with Crippen LogP contribution < -0.4 is 10.1 Å². The van der Waals surface area contributed by atoms with Gasteiger partial charge in [-0.1, -0.05) is 30.3 Å². The summed E-state index contributed by atoms with van der Waals surface area (Å²) in [5.74, 6) is -0.0432. The van der Waals surface area contributed by atoms with E-state index in [1.54, 1.807) is 7.11 Å². The number of hydrogen-bond acceptors (Lipinski definition) is 5. The molecule has 3 aliphatic heterocycles. The zero-order chi connectivity index (χ0) is 19.5. The van der Waals surface area contributed by atoms with Crippen LogP contribution in [-0.2, 0) is 10.3 Å². The van der Waals surface area contributed by atoms with Crippen LogP contribution in [0.25, 0.3) is 0 Å². The number of nitro groups is 1. The molecule has 2 saturated heterocycles. The minimum Gasteiger partial charge on any atom is -0.497 e. The van der Waals surface area contributed by atoms with Gasteiger partial charge in [0.1, 0.15) is 11.3 Å². The first kappa shape index (κ1) is 17.2. The molecule has 0 saturated carbocycles. The first-order valence-corrected chi connectivity index (χ1v) is 9.54. The van der Waals surface area contributed by atoms with E-state index in [4.69, 9.17) is 4.74 Å². The van der Waals surface area contributed by atoms with E-state index in [1.807, 2.05) is 48.5 Å². The van der Waals surface area contributed by atoms with Crippen molar-refractivity contribution in [2.45, 2.75) is 36.4 Å². The van der Waals surface area contributed by atoms with Crippen molar-refractivity contribution in [3.05, 3.63) is 69.8 Å². The summed E-state index contributed by atoms with van der Waals surface area (Å²) in [5, 5.41) is 15.2. The lowest BCUT2D eigenvalue weighted by Gasteiger charge is -2.36. The van der Waals surface area contributed by atoms with Crippen LogP contribution in [-0.4, -0.2) is 41.5 Å². The van der Waals surface area contributed by atoms with Crippen LogP contribution in [0.4, 0.5) is 5.69 Å². The molecule has 2 fully saturated rings. The van der Waals surface area contributed by atoms with Crippen molar-refractivity contribution in [1.82, 2.24) is 4.90 Å². The van der Waals surface area contributed by atoms with Crippen molar-refractivity contribution in [2.75, 3.05) is 19.0 Å². The molecule has 3 unspecified atom stereocenters. The number of benzene rings is 2. The largest absolute Gasteiger partial charge is 0.497 e. The average Bonchev–Trinajstić information content (AvgIpc) is 3.35. The Bertz CT molecular complexity index is 960. The van der Waals surface area contributed by atoms with E-state index in [9.17, 15) is 14.9 Å². The van der Waals surface area contributed by atoms with E-state index in [0.717, 1.165) is 29.7 Å². The molecule has 7 heteroatoms. The summed E-state index contributed by atoms with van der Waals surface area (Å²) in [6.07, 6.45) is 1.59. The number of nitrogens with one attached hydrogen (secondary N) is 1. The van der Waals surface area contributed by atoms with Crippen LogP contribution in [0.1, 0.15) is 29.9 Å². The highest BCUT2D eigenvalue weighted by atomic mass is 16.6. The number of fused-ring (bicyclic) bond motifs is 4. The van der Waals surface area contributed by atoms with Crippen molar-refractivity contribution >= 4 is 11.6 Å². The van der Waals surface area contributed by atoms with Crippen LogP contribution in [0.15, 0.2) is 48.5 Å². The second-order valence-corrected chi connectivity index (χ2v) is 7.70. The molecule has 5 rings (SSSR count). The third-order valence-electron chi connectivity index (χ3n) is 6.59. The van der Waals surface area contributed by atoms with Gasteiger partial charge in [0.25, 0.3) is 5.91 Å². The van der Waals surface area contributed by atoms with Crippen molar-refractivity contribution < 1.29 is 14.5 Å². The molecule has 28 heavy (non-hydrogen) atoms. The van der Waals surface area contributed by atoms with Crippen LogP contribution >= 0.6 is 0 Å². The molecule has 144 valence electrons. The van der Waals surface area contributed by atoms with Gasteiger partial charge in [0, 0.05) is 22.7 Å². The van der Waals surface area contributed by atoms with E-state index in [2.05, 4.69) is 10.2 Å². The molecule has 0 bridgehead atoms. The Morgan fingerprint density at radius 2 is 1.96 bits per heavy atom. The molecule has 7 nitrogen and oxygen atoms in total. The minimum atomic E-state index is -1.05. The fourth-order valence-electron chi connectivity index (χ4n) is 5.60. The lowest BCUT2D eigenvalue weighted by molar-refractivity contribution is -0.527. The number of carbonyl (C=O) groups is 1. The molecule has 2 aromatic rings. The molecular formula is C21H21N3O4. The van der Waals surface area contributed by atoms with Gasteiger partial charge >= 0.3 is 0 Å². The van der Waals surface area contributed by atoms with Gasteiger partial charge in [0.15, 0.2) is 0 Å². The van der Waals surface area contributed by atoms with Gasteiger partial charge in [-0.2, -0.15) is 0 Å². The quantitative estimate of drug-likeness (QED) is 0.655. The summed E-state index contributed by atoms with van der Waals surface area (Å²) >= 11 is 0. The predicted molar refractivity (Wildman–Crippen MR) is 103 cm³/mol. The third kappa shape index (κ3) is 2.05. The Balaban J connectivity index is 1.77.